The van der Waals surface area contributed by atoms with E-state index in [0.717, 1.165) is 6.42 Å². The second-order valence-electron chi connectivity index (χ2n) is 6.06. The lowest BCUT2D eigenvalue weighted by atomic mass is 9.58. The van der Waals surface area contributed by atoms with Crippen molar-refractivity contribution < 1.29 is 18.0 Å². The third-order valence-electron chi connectivity index (χ3n) is 4.89. The van der Waals surface area contributed by atoms with Crippen LogP contribution >= 0.6 is 0 Å². The normalized spacial score (nSPS) is 24.7. The SMILES string of the molecule is O=C(c1ccncc1)N1CCC(C(F)(F)F)C2(CCC2)C1. The van der Waals surface area contributed by atoms with Crippen LogP contribution in [-0.2, 0) is 0 Å². The van der Waals surface area contributed by atoms with Crippen molar-refractivity contribution in [2.45, 2.75) is 31.9 Å². The van der Waals surface area contributed by atoms with E-state index in [0.29, 0.717) is 18.4 Å². The topological polar surface area (TPSA) is 33.2 Å². The van der Waals surface area contributed by atoms with Crippen molar-refractivity contribution in [2.75, 3.05) is 13.1 Å². The number of rotatable bonds is 1. The Hall–Kier alpha value is -1.59. The first-order valence-corrected chi connectivity index (χ1v) is 7.18. The van der Waals surface area contributed by atoms with E-state index in [1.54, 1.807) is 17.0 Å². The molecule has 3 rings (SSSR count). The molecule has 0 N–H and O–H groups in total. The van der Waals surface area contributed by atoms with Crippen molar-refractivity contribution >= 4 is 5.91 Å². The van der Waals surface area contributed by atoms with E-state index >= 15 is 0 Å². The first-order chi connectivity index (χ1) is 9.92. The Balaban J connectivity index is 1.78. The summed E-state index contributed by atoms with van der Waals surface area (Å²) in [6.07, 6.45) is 0.856. The molecule has 1 aliphatic carbocycles. The van der Waals surface area contributed by atoms with Crippen molar-refractivity contribution in [2.24, 2.45) is 11.3 Å². The number of hydrogen-bond donors (Lipinski definition) is 0. The molecule has 0 aromatic carbocycles. The van der Waals surface area contributed by atoms with Gasteiger partial charge in [-0.05, 0) is 36.8 Å². The number of alkyl halides is 3. The third kappa shape index (κ3) is 2.51. The van der Waals surface area contributed by atoms with Crippen LogP contribution in [0, 0.1) is 11.3 Å². The Morgan fingerprint density at radius 3 is 2.48 bits per heavy atom. The molecule has 2 aliphatic rings. The second kappa shape index (κ2) is 5.00. The zero-order valence-corrected chi connectivity index (χ0v) is 11.6. The van der Waals surface area contributed by atoms with Gasteiger partial charge in [0.15, 0.2) is 0 Å². The van der Waals surface area contributed by atoms with E-state index < -0.39 is 17.5 Å². The van der Waals surface area contributed by atoms with Gasteiger partial charge in [-0.2, -0.15) is 13.2 Å². The van der Waals surface area contributed by atoms with Gasteiger partial charge in [-0.25, -0.2) is 0 Å². The van der Waals surface area contributed by atoms with Gasteiger partial charge >= 0.3 is 6.18 Å². The molecule has 1 saturated carbocycles. The van der Waals surface area contributed by atoms with Crippen LogP contribution < -0.4 is 0 Å². The van der Waals surface area contributed by atoms with Crippen LogP contribution in [0.3, 0.4) is 0 Å². The predicted molar refractivity (Wildman–Crippen MR) is 70.6 cm³/mol. The van der Waals surface area contributed by atoms with Gasteiger partial charge in [0.05, 0.1) is 5.92 Å². The summed E-state index contributed by atoms with van der Waals surface area (Å²) >= 11 is 0. The molecule has 1 aromatic rings. The molecular weight excluding hydrogens is 281 g/mol. The molecule has 2 fully saturated rings. The summed E-state index contributed by atoms with van der Waals surface area (Å²) in [5.41, 5.74) is -0.260. The summed E-state index contributed by atoms with van der Waals surface area (Å²) in [5.74, 6) is -1.45. The number of nitrogens with zero attached hydrogens (tertiary/aromatic N) is 2. The molecule has 1 saturated heterocycles. The highest BCUT2D eigenvalue weighted by Gasteiger charge is 2.58. The first-order valence-electron chi connectivity index (χ1n) is 7.18. The molecular formula is C15H17F3N2O. The highest BCUT2D eigenvalue weighted by molar-refractivity contribution is 5.94. The quantitative estimate of drug-likeness (QED) is 0.797. The second-order valence-corrected chi connectivity index (χ2v) is 6.06. The van der Waals surface area contributed by atoms with Gasteiger partial charge in [-0.15, -0.1) is 0 Å². The fourth-order valence-electron chi connectivity index (χ4n) is 3.66. The van der Waals surface area contributed by atoms with Crippen molar-refractivity contribution in [3.8, 4) is 0 Å². The van der Waals surface area contributed by atoms with Crippen LogP contribution in [0.4, 0.5) is 13.2 Å². The summed E-state index contributed by atoms with van der Waals surface area (Å²) < 4.78 is 39.6. The van der Waals surface area contributed by atoms with Crippen LogP contribution in [-0.4, -0.2) is 35.1 Å². The Bertz CT molecular complexity index is 525. The molecule has 1 amide bonds. The fourth-order valence-corrected chi connectivity index (χ4v) is 3.66. The Labute approximate surface area is 121 Å². The minimum atomic E-state index is -4.16. The smallest absolute Gasteiger partial charge is 0.338 e. The monoisotopic (exact) mass is 298 g/mol. The molecule has 1 spiro atoms. The minimum Gasteiger partial charge on any atom is -0.338 e. The largest absolute Gasteiger partial charge is 0.392 e. The van der Waals surface area contributed by atoms with Gasteiger partial charge in [0, 0.05) is 31.0 Å². The van der Waals surface area contributed by atoms with E-state index in [1.807, 2.05) is 0 Å². The number of pyridine rings is 1. The number of amides is 1. The van der Waals surface area contributed by atoms with Gasteiger partial charge < -0.3 is 4.90 Å². The minimum absolute atomic E-state index is 0.0142. The summed E-state index contributed by atoms with van der Waals surface area (Å²) in [5, 5.41) is 0. The third-order valence-corrected chi connectivity index (χ3v) is 4.89. The van der Waals surface area contributed by atoms with Crippen molar-refractivity contribution in [3.05, 3.63) is 30.1 Å². The van der Waals surface area contributed by atoms with Gasteiger partial charge in [-0.1, -0.05) is 6.42 Å². The molecule has 114 valence electrons. The van der Waals surface area contributed by atoms with Crippen LogP contribution in [0.15, 0.2) is 24.5 Å². The standard InChI is InChI=1S/C15H17F3N2O/c16-15(17,18)12-4-9-20(10-14(12)5-1-6-14)13(21)11-2-7-19-8-3-11/h2-3,7-8,12H,1,4-6,9-10H2. The van der Waals surface area contributed by atoms with Gasteiger partial charge in [0.25, 0.3) is 5.91 Å². The van der Waals surface area contributed by atoms with Crippen molar-refractivity contribution in [1.29, 1.82) is 0 Å². The summed E-state index contributed by atoms with van der Waals surface area (Å²) in [4.78, 5) is 17.8. The number of piperidine rings is 1. The lowest BCUT2D eigenvalue weighted by Crippen LogP contribution is -2.57. The molecule has 3 nitrogen and oxygen atoms in total. The lowest BCUT2D eigenvalue weighted by Gasteiger charge is -2.54. The van der Waals surface area contributed by atoms with Crippen molar-refractivity contribution in [3.63, 3.8) is 0 Å². The molecule has 2 heterocycles. The zero-order chi connectivity index (χ0) is 15.1. The number of aromatic nitrogens is 1. The molecule has 6 heteroatoms. The Kier molecular flexibility index (Phi) is 3.42. The highest BCUT2D eigenvalue weighted by atomic mass is 19.4. The molecule has 1 atom stereocenters. The molecule has 1 unspecified atom stereocenters. The predicted octanol–water partition coefficient (Wildman–Crippen LogP) is 3.28. The Morgan fingerprint density at radius 2 is 1.95 bits per heavy atom. The number of hydrogen-bond acceptors (Lipinski definition) is 2. The molecule has 21 heavy (non-hydrogen) atoms. The van der Waals surface area contributed by atoms with E-state index in [4.69, 9.17) is 0 Å². The maximum atomic E-state index is 13.2. The van der Waals surface area contributed by atoms with Crippen molar-refractivity contribution in [1.82, 2.24) is 9.88 Å². The van der Waals surface area contributed by atoms with Crippen LogP contribution in [0.2, 0.25) is 0 Å². The average Bonchev–Trinajstić information content (AvgIpc) is 2.44. The van der Waals surface area contributed by atoms with Crippen LogP contribution in [0.1, 0.15) is 36.0 Å². The van der Waals surface area contributed by atoms with Gasteiger partial charge in [0.2, 0.25) is 0 Å². The number of carbonyl (C=O) groups excluding carboxylic acids is 1. The maximum Gasteiger partial charge on any atom is 0.392 e. The van der Waals surface area contributed by atoms with E-state index in [-0.39, 0.29) is 25.4 Å². The molecule has 1 aliphatic heterocycles. The molecule has 0 radical (unpaired) electrons. The van der Waals surface area contributed by atoms with Crippen LogP contribution in [0.25, 0.3) is 0 Å². The lowest BCUT2D eigenvalue weighted by molar-refractivity contribution is -0.235. The number of halogens is 3. The number of carbonyl (C=O) groups is 1. The zero-order valence-electron chi connectivity index (χ0n) is 11.6. The number of likely N-dealkylation sites (tertiary alicyclic amines) is 1. The van der Waals surface area contributed by atoms with E-state index in [1.165, 1.54) is 12.4 Å². The van der Waals surface area contributed by atoms with Gasteiger partial charge in [0.1, 0.15) is 0 Å². The summed E-state index contributed by atoms with van der Waals surface area (Å²) in [6, 6.07) is 3.21. The Morgan fingerprint density at radius 1 is 1.29 bits per heavy atom. The van der Waals surface area contributed by atoms with E-state index in [9.17, 15) is 18.0 Å². The van der Waals surface area contributed by atoms with Crippen LogP contribution in [0.5, 0.6) is 0 Å². The fraction of sp³-hybridized carbons (Fsp3) is 0.600. The van der Waals surface area contributed by atoms with E-state index in [2.05, 4.69) is 4.98 Å². The highest BCUT2D eigenvalue weighted by Crippen LogP contribution is 2.56. The molecule has 0 bridgehead atoms. The first kappa shape index (κ1) is 14.4. The summed E-state index contributed by atoms with van der Waals surface area (Å²) in [7, 11) is 0. The van der Waals surface area contributed by atoms with Gasteiger partial charge in [-0.3, -0.25) is 9.78 Å². The maximum absolute atomic E-state index is 13.2. The summed E-state index contributed by atoms with van der Waals surface area (Å²) in [6.45, 7) is 0.394. The average molecular weight is 298 g/mol. The molecule has 1 aromatic heterocycles.